The molecule has 0 saturated carbocycles. The molecule has 1 aliphatic rings. The van der Waals surface area contributed by atoms with E-state index in [0.29, 0.717) is 32.7 Å². The molecule has 0 aliphatic carbocycles. The number of hydrogen-bond donors (Lipinski definition) is 3. The second-order valence-corrected chi connectivity index (χ2v) is 11.1. The summed E-state index contributed by atoms with van der Waals surface area (Å²) in [4.78, 5) is 17.1. The molecule has 0 saturated heterocycles. The summed E-state index contributed by atoms with van der Waals surface area (Å²) in [5.74, 6) is -0.364. The predicted octanol–water partition coefficient (Wildman–Crippen LogP) is 3.70. The highest BCUT2D eigenvalue weighted by Gasteiger charge is 2.29. The summed E-state index contributed by atoms with van der Waals surface area (Å²) in [5, 5.41) is 14.0. The zero-order chi connectivity index (χ0) is 27.5. The van der Waals surface area contributed by atoms with Crippen molar-refractivity contribution in [2.75, 3.05) is 44.8 Å². The van der Waals surface area contributed by atoms with E-state index >= 15 is 4.39 Å². The average Bonchev–Trinajstić information content (AvgIpc) is 2.85. The highest BCUT2D eigenvalue weighted by Crippen LogP contribution is 2.31. The number of nitrogens with one attached hydrogen (secondary N) is 1. The molecule has 0 bridgehead atoms. The lowest BCUT2D eigenvalue weighted by molar-refractivity contribution is -0.127. The third-order valence-electron chi connectivity index (χ3n) is 7.51. The highest BCUT2D eigenvalue weighted by atomic mass is 19.1. The first-order valence-electron chi connectivity index (χ1n) is 14.1. The van der Waals surface area contributed by atoms with Crippen LogP contribution >= 0.6 is 0 Å². The van der Waals surface area contributed by atoms with Gasteiger partial charge in [-0.1, -0.05) is 27.2 Å². The Morgan fingerprint density at radius 3 is 2.65 bits per heavy atom. The lowest BCUT2D eigenvalue weighted by Gasteiger charge is -2.34. The Morgan fingerprint density at radius 1 is 1.30 bits per heavy atom. The van der Waals surface area contributed by atoms with Gasteiger partial charge >= 0.3 is 0 Å². The number of unbranched alkanes of at least 4 members (excludes halogenated alkanes) is 1. The molecular formula is C29H51FN4O3. The van der Waals surface area contributed by atoms with Crippen LogP contribution in [0.4, 0.5) is 10.1 Å². The van der Waals surface area contributed by atoms with Gasteiger partial charge in [0, 0.05) is 69.1 Å². The van der Waals surface area contributed by atoms with Crippen molar-refractivity contribution < 1.29 is 19.0 Å². The van der Waals surface area contributed by atoms with E-state index in [1.54, 1.807) is 13.2 Å². The van der Waals surface area contributed by atoms with E-state index in [9.17, 15) is 9.90 Å². The van der Waals surface area contributed by atoms with Crippen molar-refractivity contribution in [1.82, 2.24) is 10.2 Å². The minimum Gasteiger partial charge on any atom is -0.391 e. The van der Waals surface area contributed by atoms with Gasteiger partial charge in [0.2, 0.25) is 5.91 Å². The van der Waals surface area contributed by atoms with Crippen molar-refractivity contribution >= 4 is 11.6 Å². The Bertz CT molecular complexity index is 836. The molecule has 7 nitrogen and oxygen atoms in total. The molecule has 1 aromatic carbocycles. The fourth-order valence-corrected chi connectivity index (χ4v) is 5.02. The van der Waals surface area contributed by atoms with Gasteiger partial charge in [0.1, 0.15) is 5.82 Å². The molecule has 3 atom stereocenters. The zero-order valence-electron chi connectivity index (χ0n) is 23.9. The molecule has 0 radical (unpaired) electrons. The number of methoxy groups -OCH3 is 1. The summed E-state index contributed by atoms with van der Waals surface area (Å²) in [6.07, 6.45) is 3.16. The first-order valence-corrected chi connectivity index (χ1v) is 14.1. The van der Waals surface area contributed by atoms with E-state index in [2.05, 4.69) is 42.0 Å². The molecule has 1 aliphatic heterocycles. The summed E-state index contributed by atoms with van der Waals surface area (Å²) < 4.78 is 20.4. The maximum Gasteiger partial charge on any atom is 0.223 e. The van der Waals surface area contributed by atoms with Crippen LogP contribution in [0.1, 0.15) is 71.4 Å². The van der Waals surface area contributed by atoms with Crippen LogP contribution in [-0.4, -0.2) is 74.0 Å². The molecule has 1 aromatic rings. The fraction of sp³-hybridized carbons (Fsp3) is 0.759. The van der Waals surface area contributed by atoms with Gasteiger partial charge in [-0.15, -0.1) is 0 Å². The number of fused-ring (bicyclic) bond motifs is 1. The number of rotatable bonds is 16. The van der Waals surface area contributed by atoms with E-state index in [4.69, 9.17) is 10.5 Å². The van der Waals surface area contributed by atoms with Crippen LogP contribution in [0.2, 0.25) is 0 Å². The summed E-state index contributed by atoms with van der Waals surface area (Å²) in [6, 6.07) is 3.37. The molecule has 4 N–H and O–H groups in total. The molecule has 0 spiro atoms. The van der Waals surface area contributed by atoms with Gasteiger partial charge in [0.25, 0.3) is 0 Å². The van der Waals surface area contributed by atoms with Crippen LogP contribution in [0.25, 0.3) is 0 Å². The third-order valence-corrected chi connectivity index (χ3v) is 7.51. The van der Waals surface area contributed by atoms with Crippen LogP contribution in [0, 0.1) is 17.7 Å². The van der Waals surface area contributed by atoms with E-state index in [1.165, 1.54) is 0 Å². The summed E-state index contributed by atoms with van der Waals surface area (Å²) in [5.41, 5.74) is 9.11. The minimum absolute atomic E-state index is 0.0158. The quantitative estimate of drug-likeness (QED) is 0.287. The number of carbonyl (C=O) groups is 1. The van der Waals surface area contributed by atoms with Gasteiger partial charge in [-0.25, -0.2) is 4.39 Å². The summed E-state index contributed by atoms with van der Waals surface area (Å²) in [7, 11) is 1.68. The standard InChI is InChI=1S/C29H51FN4O3/c1-7-8-11-32-29(36)24(20(2)3)17-28(35)26(31)19-34(21(4)5)18-22-15-25(30)23-10-9-12-33(13-14-37-6)27(23)16-22/h15-16,20-21,24,26,28,35H,7-14,17-19,31H2,1-6H3,(H,32,36)/t24-,26-,28-/m0/s1. The molecule has 0 aromatic heterocycles. The molecule has 212 valence electrons. The van der Waals surface area contributed by atoms with Gasteiger partial charge in [-0.2, -0.15) is 0 Å². The van der Waals surface area contributed by atoms with Crippen molar-refractivity contribution in [2.24, 2.45) is 17.6 Å². The number of anilines is 1. The molecule has 2 rings (SSSR count). The Morgan fingerprint density at radius 2 is 2.03 bits per heavy atom. The Hall–Kier alpha value is -1.74. The molecule has 0 fully saturated rings. The van der Waals surface area contributed by atoms with Crippen molar-refractivity contribution in [1.29, 1.82) is 0 Å². The van der Waals surface area contributed by atoms with Crippen molar-refractivity contribution in [3.63, 3.8) is 0 Å². The van der Waals surface area contributed by atoms with Gasteiger partial charge in [-0.05, 0) is 63.1 Å². The van der Waals surface area contributed by atoms with Gasteiger partial charge in [-0.3, -0.25) is 9.69 Å². The van der Waals surface area contributed by atoms with Gasteiger partial charge in [0.15, 0.2) is 0 Å². The number of nitrogens with zero attached hydrogens (tertiary/aromatic N) is 2. The molecule has 0 unspecified atom stereocenters. The smallest absolute Gasteiger partial charge is 0.223 e. The monoisotopic (exact) mass is 522 g/mol. The summed E-state index contributed by atoms with van der Waals surface area (Å²) in [6.45, 7) is 14.1. The average molecular weight is 523 g/mol. The van der Waals surface area contributed by atoms with Crippen LogP contribution in [-0.2, 0) is 22.5 Å². The lowest BCUT2D eigenvalue weighted by Crippen LogP contribution is -2.48. The lowest BCUT2D eigenvalue weighted by atomic mass is 9.87. The molecule has 1 heterocycles. The van der Waals surface area contributed by atoms with Crippen LogP contribution in [0.3, 0.4) is 0 Å². The van der Waals surface area contributed by atoms with Crippen molar-refractivity contribution in [3.8, 4) is 0 Å². The topological polar surface area (TPSA) is 91.1 Å². The van der Waals surface area contributed by atoms with Crippen LogP contribution in [0.15, 0.2) is 12.1 Å². The number of aliphatic hydroxyl groups is 1. The Balaban J connectivity index is 2.09. The zero-order valence-corrected chi connectivity index (χ0v) is 23.9. The Kier molecular flexibility index (Phi) is 13.3. The maximum atomic E-state index is 15.1. The predicted molar refractivity (Wildman–Crippen MR) is 149 cm³/mol. The third kappa shape index (κ3) is 9.50. The van der Waals surface area contributed by atoms with Crippen molar-refractivity contribution in [2.45, 2.75) is 91.5 Å². The highest BCUT2D eigenvalue weighted by molar-refractivity contribution is 5.78. The minimum atomic E-state index is -0.810. The normalized spacial score (nSPS) is 16.3. The van der Waals surface area contributed by atoms with Gasteiger partial charge in [0.05, 0.1) is 12.7 Å². The van der Waals surface area contributed by atoms with E-state index in [-0.39, 0.29) is 29.6 Å². The fourth-order valence-electron chi connectivity index (χ4n) is 5.02. The van der Waals surface area contributed by atoms with E-state index in [1.807, 2.05) is 13.8 Å². The van der Waals surface area contributed by atoms with Crippen LogP contribution < -0.4 is 16.0 Å². The molecule has 8 heteroatoms. The first-order chi connectivity index (χ1) is 17.6. The van der Waals surface area contributed by atoms with E-state index in [0.717, 1.165) is 55.6 Å². The van der Waals surface area contributed by atoms with Gasteiger partial charge < -0.3 is 25.8 Å². The molecule has 37 heavy (non-hydrogen) atoms. The second-order valence-electron chi connectivity index (χ2n) is 11.1. The second kappa shape index (κ2) is 15.6. The first kappa shape index (κ1) is 31.5. The number of ether oxygens (including phenoxy) is 1. The number of halogens is 1. The van der Waals surface area contributed by atoms with E-state index < -0.39 is 12.1 Å². The number of hydrogen-bond acceptors (Lipinski definition) is 6. The maximum absolute atomic E-state index is 15.1. The number of amides is 1. The number of benzene rings is 1. The molecule has 1 amide bonds. The molecular weight excluding hydrogens is 471 g/mol. The Labute approximate surface area is 223 Å². The SMILES string of the molecule is CCCCNC(=O)[C@@H](C[C@H](O)[C@@H](N)CN(Cc1cc(F)c2c(c1)N(CCOC)CCC2)C(C)C)C(C)C. The largest absolute Gasteiger partial charge is 0.391 e. The van der Waals surface area contributed by atoms with Crippen molar-refractivity contribution in [3.05, 3.63) is 29.1 Å². The number of aliphatic hydroxyl groups excluding tert-OH is 1. The number of carbonyl (C=O) groups excluding carboxylic acids is 1. The van der Waals surface area contributed by atoms with Crippen LogP contribution in [0.5, 0.6) is 0 Å². The number of nitrogens with two attached hydrogens (primary N) is 1. The summed E-state index contributed by atoms with van der Waals surface area (Å²) >= 11 is 0.